The van der Waals surface area contributed by atoms with Gasteiger partial charge in [0.15, 0.2) is 24.0 Å². The topological polar surface area (TPSA) is 173 Å². The third-order valence-electron chi connectivity index (χ3n) is 12.4. The van der Waals surface area contributed by atoms with Crippen molar-refractivity contribution in [2.45, 2.75) is 95.6 Å². The summed E-state index contributed by atoms with van der Waals surface area (Å²) in [4.78, 5) is 71.3. The first-order valence-corrected chi connectivity index (χ1v) is 23.8. The second-order valence-electron chi connectivity index (χ2n) is 17.6. The highest BCUT2D eigenvalue weighted by atomic mass is 16.7. The number of aliphatic hydroxyl groups is 1. The van der Waals surface area contributed by atoms with Crippen molar-refractivity contribution < 1.29 is 62.2 Å². The van der Waals surface area contributed by atoms with Crippen LogP contribution in [0.5, 0.6) is 0 Å². The maximum absolute atomic E-state index is 14.8. The Balaban J connectivity index is 1.13. The van der Waals surface area contributed by atoms with E-state index in [4.69, 9.17) is 33.2 Å². The minimum atomic E-state index is -1.73. The quantitative estimate of drug-likeness (QED) is 0.0364. The predicted molar refractivity (Wildman–Crippen MR) is 262 cm³/mol. The van der Waals surface area contributed by atoms with Crippen molar-refractivity contribution in [3.05, 3.63) is 185 Å². The molecule has 1 N–H and O–H groups in total. The van der Waals surface area contributed by atoms with E-state index in [1.165, 1.54) is 7.11 Å². The fourth-order valence-corrected chi connectivity index (χ4v) is 8.92. The Morgan fingerprint density at radius 2 is 1.34 bits per heavy atom. The van der Waals surface area contributed by atoms with E-state index in [-0.39, 0.29) is 57.9 Å². The third-order valence-corrected chi connectivity index (χ3v) is 12.4. The Morgan fingerprint density at radius 1 is 0.746 bits per heavy atom. The average molecular weight is 968 g/mol. The Labute approximate surface area is 414 Å². The van der Waals surface area contributed by atoms with Gasteiger partial charge in [0.1, 0.15) is 31.0 Å². The number of hydrogen-bond acceptors (Lipinski definition) is 13. The van der Waals surface area contributed by atoms with Crippen LogP contribution in [0.1, 0.15) is 53.1 Å². The average Bonchev–Trinajstić information content (AvgIpc) is 3.75. The molecular formula is C57H61NO13. The van der Waals surface area contributed by atoms with Gasteiger partial charge in [-0.15, -0.1) is 0 Å². The molecule has 8 atom stereocenters. The van der Waals surface area contributed by atoms with Crippen LogP contribution in [0.25, 0.3) is 5.57 Å². The molecule has 14 heteroatoms. The summed E-state index contributed by atoms with van der Waals surface area (Å²) < 4.78 is 42.6. The molecule has 0 saturated carbocycles. The number of nitrogens with zero attached hydrogens (tertiary/aromatic N) is 1. The summed E-state index contributed by atoms with van der Waals surface area (Å²) in [5.41, 5.74) is 4.61. The molecule has 2 saturated heterocycles. The summed E-state index contributed by atoms with van der Waals surface area (Å²) in [5, 5.41) is 10.5. The number of rotatable bonds is 24. The number of carbonyl (C=O) groups is 5. The Morgan fingerprint density at radius 3 is 1.92 bits per heavy atom. The number of carbonyl (C=O) groups excluding carboxylic acids is 5. The number of aryl methyl sites for hydroxylation is 1. The zero-order valence-electron chi connectivity index (χ0n) is 40.2. The lowest BCUT2D eigenvalue weighted by molar-refractivity contribution is -0.319. The summed E-state index contributed by atoms with van der Waals surface area (Å²) in [5.74, 6) is -4.21. The molecule has 71 heavy (non-hydrogen) atoms. The van der Waals surface area contributed by atoms with Crippen molar-refractivity contribution in [3.8, 4) is 0 Å². The summed E-state index contributed by atoms with van der Waals surface area (Å²) in [7, 11) is 1.47. The third kappa shape index (κ3) is 14.3. The van der Waals surface area contributed by atoms with Crippen molar-refractivity contribution in [1.82, 2.24) is 4.90 Å². The first-order valence-electron chi connectivity index (χ1n) is 23.8. The second kappa shape index (κ2) is 26.0. The first kappa shape index (κ1) is 52.2. The highest BCUT2D eigenvalue weighted by Gasteiger charge is 2.49. The Kier molecular flexibility index (Phi) is 19.1. The lowest BCUT2D eigenvalue weighted by atomic mass is 9.87. The lowest BCUT2D eigenvalue weighted by Crippen LogP contribution is -2.61. The van der Waals surface area contributed by atoms with E-state index >= 15 is 0 Å². The molecule has 0 radical (unpaired) electrons. The van der Waals surface area contributed by atoms with Crippen LogP contribution in [0.2, 0.25) is 0 Å². The van der Waals surface area contributed by atoms with Crippen LogP contribution in [0.3, 0.4) is 0 Å². The second-order valence-corrected chi connectivity index (χ2v) is 17.6. The number of hydrogen-bond donors (Lipinski definition) is 1. The number of cyclic esters (lactones) is 1. The van der Waals surface area contributed by atoms with E-state index < -0.39 is 78.3 Å². The number of Topliss-reactive ketones (excluding diaryl/α,β-unsaturated/α-hetero) is 1. The van der Waals surface area contributed by atoms with Crippen LogP contribution in [-0.2, 0) is 78.4 Å². The van der Waals surface area contributed by atoms with Gasteiger partial charge in [-0.3, -0.25) is 19.2 Å². The summed E-state index contributed by atoms with van der Waals surface area (Å²) >= 11 is 0. The summed E-state index contributed by atoms with van der Waals surface area (Å²) in [6.45, 7) is 2.98. The van der Waals surface area contributed by atoms with Crippen LogP contribution in [-0.4, -0.2) is 109 Å². The highest BCUT2D eigenvalue weighted by molar-refractivity contribution is 6.25. The maximum atomic E-state index is 14.8. The number of benzene rings is 5. The van der Waals surface area contributed by atoms with E-state index in [9.17, 15) is 29.1 Å². The molecule has 372 valence electrons. The molecule has 0 bridgehead atoms. The zero-order valence-corrected chi connectivity index (χ0v) is 40.2. The molecule has 2 fully saturated rings. The molecule has 2 aliphatic heterocycles. The number of ether oxygens (including phenoxy) is 7. The molecule has 7 rings (SSSR count). The first-order chi connectivity index (χ1) is 34.5. The predicted octanol–water partition coefficient (Wildman–Crippen LogP) is 7.60. The van der Waals surface area contributed by atoms with Crippen LogP contribution in [0, 0.1) is 12.8 Å². The molecule has 2 amide bonds. The molecule has 0 aromatic heterocycles. The number of aliphatic hydroxyl groups excluding tert-OH is 1. The zero-order chi connectivity index (χ0) is 50.1. The number of amides is 2. The number of ketones is 2. The van der Waals surface area contributed by atoms with E-state index in [2.05, 4.69) is 0 Å². The van der Waals surface area contributed by atoms with E-state index in [0.717, 1.165) is 40.2 Å². The molecule has 0 unspecified atom stereocenters. The van der Waals surface area contributed by atoms with Crippen LogP contribution in [0.15, 0.2) is 152 Å². The smallest absolute Gasteiger partial charge is 0.416 e. The van der Waals surface area contributed by atoms with Crippen molar-refractivity contribution >= 4 is 35.1 Å². The van der Waals surface area contributed by atoms with Gasteiger partial charge in [0.05, 0.1) is 31.8 Å². The lowest BCUT2D eigenvalue weighted by Gasteiger charge is -2.45. The van der Waals surface area contributed by atoms with E-state index in [1.54, 1.807) is 48.5 Å². The van der Waals surface area contributed by atoms with E-state index in [0.29, 0.717) is 17.5 Å². The van der Waals surface area contributed by atoms with Gasteiger partial charge in [-0.2, -0.15) is 0 Å². The number of allylic oxidation sites excluding steroid dienone is 1. The molecule has 0 aliphatic carbocycles. The van der Waals surface area contributed by atoms with Crippen molar-refractivity contribution in [2.24, 2.45) is 5.92 Å². The maximum Gasteiger partial charge on any atom is 0.416 e. The molecule has 5 aromatic carbocycles. The molecule has 0 spiro atoms. The number of esters is 1. The summed E-state index contributed by atoms with van der Waals surface area (Å²) in [6.07, 6.45) is -5.38. The van der Waals surface area contributed by atoms with Gasteiger partial charge in [0, 0.05) is 32.6 Å². The largest absolute Gasteiger partial charge is 0.453 e. The van der Waals surface area contributed by atoms with Crippen LogP contribution < -0.4 is 0 Å². The monoisotopic (exact) mass is 967 g/mol. The van der Waals surface area contributed by atoms with Gasteiger partial charge in [0.2, 0.25) is 5.91 Å². The van der Waals surface area contributed by atoms with Gasteiger partial charge < -0.3 is 38.3 Å². The summed E-state index contributed by atoms with van der Waals surface area (Å²) in [6, 6.07) is 43.8. The van der Waals surface area contributed by atoms with Gasteiger partial charge in [-0.25, -0.2) is 9.69 Å². The Bertz CT molecular complexity index is 2560. The van der Waals surface area contributed by atoms with Crippen LogP contribution >= 0.6 is 0 Å². The van der Waals surface area contributed by atoms with Gasteiger partial charge >= 0.3 is 12.1 Å². The highest BCUT2D eigenvalue weighted by Crippen LogP contribution is 2.32. The molecular weight excluding hydrogens is 907 g/mol. The SMILES string of the molecule is CO[C@H]1O[C@H](CO)[C@@H](OCc2ccccc2)[C@H](OCc2ccccc2)[C@@H]1OCCCC(=O)C(=CC(=O)[C@H](OC(C)=O)[C@@H](Cc1ccccc1)C(=O)N1C(=O)OC[C@H]1Cc1ccccc1)c1cccc(C)c1. The van der Waals surface area contributed by atoms with E-state index in [1.807, 2.05) is 104 Å². The molecule has 2 aliphatic rings. The Hall–Kier alpha value is -6.65. The minimum Gasteiger partial charge on any atom is -0.453 e. The fraction of sp³-hybridized carbons (Fsp3) is 0.351. The van der Waals surface area contributed by atoms with Crippen molar-refractivity contribution in [3.63, 3.8) is 0 Å². The van der Waals surface area contributed by atoms with Gasteiger partial charge in [0.25, 0.3) is 0 Å². The van der Waals surface area contributed by atoms with Crippen LogP contribution in [0.4, 0.5) is 4.79 Å². The number of methoxy groups -OCH3 is 1. The molecule has 5 aromatic rings. The van der Waals surface area contributed by atoms with Crippen molar-refractivity contribution in [2.75, 3.05) is 26.9 Å². The van der Waals surface area contributed by atoms with Gasteiger partial charge in [-0.05, 0) is 60.1 Å². The molecule has 2 heterocycles. The fourth-order valence-electron chi connectivity index (χ4n) is 8.92. The standard InChI is InChI=1S/C57H61NO13/c1-38-18-16-27-44(30-38)46(33-49(62)51(70-39(2)60)47(32-41-21-10-5-11-22-41)55(63)58-45(37-69-57(58)64)31-40-19-8-4-9-20-40)48(61)28-17-29-66-54-53(68-36-43-25-14-7-15-26-43)52(50(34-59)71-56(54)65-3)67-35-42-23-12-6-13-24-42/h4-16,18-27,30,33,45,47,50-54,56,59H,17,28-29,31-32,34-37H2,1-3H3/t45-,47-,50-,51-,52-,53+,54+,56+/m1/s1. The van der Waals surface area contributed by atoms with Crippen molar-refractivity contribution in [1.29, 1.82) is 0 Å². The van der Waals surface area contributed by atoms with Gasteiger partial charge in [-0.1, -0.05) is 151 Å². The normalized spacial score (nSPS) is 21.0. The molecule has 14 nitrogen and oxygen atoms in total. The number of imide groups is 1. The minimum absolute atomic E-state index is 0.0227.